The molecule has 0 aliphatic rings. The number of hydrogen-bond donors (Lipinski definition) is 4. The number of aryl methyl sites for hydroxylation is 2. The van der Waals surface area contributed by atoms with Crippen molar-refractivity contribution in [3.63, 3.8) is 0 Å². The van der Waals surface area contributed by atoms with Crippen molar-refractivity contribution >= 4 is 35.0 Å². The van der Waals surface area contributed by atoms with Crippen LogP contribution in [0.1, 0.15) is 31.8 Å². The largest absolute Gasteiger partial charge is 0.478 e. The number of carbonyl (C=O) groups is 2. The Morgan fingerprint density at radius 1 is 1.00 bits per heavy atom. The number of anilines is 4. The van der Waals surface area contributed by atoms with Crippen LogP contribution in [0.2, 0.25) is 0 Å². The van der Waals surface area contributed by atoms with Crippen molar-refractivity contribution in [2.24, 2.45) is 5.73 Å². The molecule has 0 radical (unpaired) electrons. The van der Waals surface area contributed by atoms with Crippen molar-refractivity contribution in [1.29, 1.82) is 0 Å². The van der Waals surface area contributed by atoms with Gasteiger partial charge in [-0.25, -0.2) is 9.78 Å². The Labute approximate surface area is 161 Å². The molecule has 8 nitrogen and oxygen atoms in total. The lowest BCUT2D eigenvalue weighted by Crippen LogP contribution is -2.15. The van der Waals surface area contributed by atoms with E-state index >= 15 is 0 Å². The molecule has 3 rings (SSSR count). The quantitative estimate of drug-likeness (QED) is 0.518. The second-order valence-corrected chi connectivity index (χ2v) is 6.27. The number of nitrogens with zero attached hydrogens (tertiary/aromatic N) is 2. The van der Waals surface area contributed by atoms with E-state index in [0.29, 0.717) is 11.3 Å². The van der Waals surface area contributed by atoms with E-state index in [1.807, 2.05) is 31.2 Å². The SMILES string of the molecule is Cc1cccc(Nc2nc(Nc3ccc(C(=O)O)c(C)c3)ncc2C(N)=O)c1. The van der Waals surface area contributed by atoms with Crippen LogP contribution in [-0.4, -0.2) is 27.0 Å². The zero-order chi connectivity index (χ0) is 20.3. The third kappa shape index (κ3) is 4.24. The molecule has 1 heterocycles. The first kappa shape index (κ1) is 18.8. The summed E-state index contributed by atoms with van der Waals surface area (Å²) in [5, 5.41) is 15.2. The molecule has 0 atom stereocenters. The Morgan fingerprint density at radius 3 is 2.39 bits per heavy atom. The number of amides is 1. The van der Waals surface area contributed by atoms with Crippen LogP contribution in [0, 0.1) is 13.8 Å². The summed E-state index contributed by atoms with van der Waals surface area (Å²) in [5.74, 6) is -1.13. The number of nitrogens with two attached hydrogens (primary N) is 1. The van der Waals surface area contributed by atoms with E-state index in [9.17, 15) is 9.59 Å². The van der Waals surface area contributed by atoms with Gasteiger partial charge in [0, 0.05) is 17.6 Å². The van der Waals surface area contributed by atoms with Crippen molar-refractivity contribution in [2.45, 2.75) is 13.8 Å². The molecule has 142 valence electrons. The zero-order valence-corrected chi connectivity index (χ0v) is 15.4. The highest BCUT2D eigenvalue weighted by atomic mass is 16.4. The Balaban J connectivity index is 1.91. The average molecular weight is 377 g/mol. The standard InChI is InChI=1S/C20H19N5O3/c1-11-4-3-5-13(8-11)23-18-16(17(21)26)10-22-20(25-18)24-14-6-7-15(19(27)28)12(2)9-14/h3-10H,1-2H3,(H2,21,26)(H,27,28)(H2,22,23,24,25). The number of aromatic carboxylic acids is 1. The van der Waals surface area contributed by atoms with E-state index in [4.69, 9.17) is 10.8 Å². The molecule has 5 N–H and O–H groups in total. The van der Waals surface area contributed by atoms with Gasteiger partial charge in [-0.2, -0.15) is 4.98 Å². The molecule has 0 spiro atoms. The Kier molecular flexibility index (Phi) is 5.21. The van der Waals surface area contributed by atoms with E-state index in [1.165, 1.54) is 12.3 Å². The summed E-state index contributed by atoms with van der Waals surface area (Å²) in [4.78, 5) is 31.3. The number of carbonyl (C=O) groups excluding carboxylic acids is 1. The molecule has 28 heavy (non-hydrogen) atoms. The lowest BCUT2D eigenvalue weighted by atomic mass is 10.1. The Morgan fingerprint density at radius 2 is 1.75 bits per heavy atom. The number of nitrogens with one attached hydrogen (secondary N) is 2. The Hall–Kier alpha value is -3.94. The van der Waals surface area contributed by atoms with Crippen LogP contribution in [0.5, 0.6) is 0 Å². The normalized spacial score (nSPS) is 10.4. The zero-order valence-electron chi connectivity index (χ0n) is 15.4. The molecule has 0 bridgehead atoms. The van der Waals surface area contributed by atoms with Crippen molar-refractivity contribution in [3.8, 4) is 0 Å². The first-order valence-corrected chi connectivity index (χ1v) is 8.45. The first-order valence-electron chi connectivity index (χ1n) is 8.45. The lowest BCUT2D eigenvalue weighted by Gasteiger charge is -2.12. The van der Waals surface area contributed by atoms with Gasteiger partial charge in [-0.1, -0.05) is 12.1 Å². The fourth-order valence-electron chi connectivity index (χ4n) is 2.69. The summed E-state index contributed by atoms with van der Waals surface area (Å²) in [5.41, 5.74) is 8.84. The number of rotatable bonds is 6. The summed E-state index contributed by atoms with van der Waals surface area (Å²) in [6.07, 6.45) is 1.34. The van der Waals surface area contributed by atoms with Crippen LogP contribution in [-0.2, 0) is 0 Å². The minimum atomic E-state index is -0.990. The maximum absolute atomic E-state index is 11.7. The molecule has 1 aromatic heterocycles. The van der Waals surface area contributed by atoms with Gasteiger partial charge in [-0.3, -0.25) is 4.79 Å². The van der Waals surface area contributed by atoms with Gasteiger partial charge in [0.2, 0.25) is 5.95 Å². The van der Waals surface area contributed by atoms with Gasteiger partial charge in [0.1, 0.15) is 11.4 Å². The average Bonchev–Trinajstić information content (AvgIpc) is 2.61. The number of carboxylic acid groups (broad SMARTS) is 1. The maximum atomic E-state index is 11.7. The van der Waals surface area contributed by atoms with E-state index in [1.54, 1.807) is 19.1 Å². The van der Waals surface area contributed by atoms with E-state index in [-0.39, 0.29) is 22.9 Å². The summed E-state index contributed by atoms with van der Waals surface area (Å²) >= 11 is 0. The first-order chi connectivity index (χ1) is 13.3. The molecule has 0 unspecified atom stereocenters. The number of hydrogen-bond acceptors (Lipinski definition) is 6. The second-order valence-electron chi connectivity index (χ2n) is 6.27. The predicted octanol–water partition coefficient (Wildman–Crippen LogP) is 3.38. The van der Waals surface area contributed by atoms with Gasteiger partial charge in [0.05, 0.1) is 5.56 Å². The highest BCUT2D eigenvalue weighted by Gasteiger charge is 2.13. The van der Waals surface area contributed by atoms with Gasteiger partial charge < -0.3 is 21.5 Å². The molecular weight excluding hydrogens is 358 g/mol. The molecular formula is C20H19N5O3. The Bertz CT molecular complexity index is 1070. The van der Waals surface area contributed by atoms with Crippen LogP contribution in [0.4, 0.5) is 23.1 Å². The van der Waals surface area contributed by atoms with Crippen molar-refractivity contribution in [1.82, 2.24) is 9.97 Å². The van der Waals surface area contributed by atoms with Crippen molar-refractivity contribution in [3.05, 3.63) is 70.9 Å². The molecule has 0 fully saturated rings. The third-order valence-electron chi connectivity index (χ3n) is 4.05. The van der Waals surface area contributed by atoms with Crippen LogP contribution >= 0.6 is 0 Å². The van der Waals surface area contributed by atoms with Crippen LogP contribution in [0.25, 0.3) is 0 Å². The molecule has 0 aliphatic heterocycles. The molecule has 0 aliphatic carbocycles. The second kappa shape index (κ2) is 7.75. The lowest BCUT2D eigenvalue weighted by molar-refractivity contribution is 0.0696. The number of primary amides is 1. The van der Waals surface area contributed by atoms with E-state index < -0.39 is 11.9 Å². The maximum Gasteiger partial charge on any atom is 0.335 e. The van der Waals surface area contributed by atoms with E-state index in [2.05, 4.69) is 20.6 Å². The van der Waals surface area contributed by atoms with Gasteiger partial charge in [0.25, 0.3) is 5.91 Å². The van der Waals surface area contributed by atoms with E-state index in [0.717, 1.165) is 11.3 Å². The molecule has 0 saturated carbocycles. The molecule has 2 aromatic carbocycles. The monoisotopic (exact) mass is 377 g/mol. The van der Waals surface area contributed by atoms with Gasteiger partial charge in [0.15, 0.2) is 0 Å². The molecule has 3 aromatic rings. The molecule has 1 amide bonds. The van der Waals surface area contributed by atoms with Crippen molar-refractivity contribution < 1.29 is 14.7 Å². The summed E-state index contributed by atoms with van der Waals surface area (Å²) in [6, 6.07) is 12.4. The van der Waals surface area contributed by atoms with Crippen LogP contribution in [0.15, 0.2) is 48.7 Å². The number of benzene rings is 2. The van der Waals surface area contributed by atoms with Crippen LogP contribution < -0.4 is 16.4 Å². The van der Waals surface area contributed by atoms with Gasteiger partial charge in [-0.05, 0) is 55.3 Å². The highest BCUT2D eigenvalue weighted by Crippen LogP contribution is 2.23. The smallest absolute Gasteiger partial charge is 0.335 e. The minimum absolute atomic E-state index is 0.157. The summed E-state index contributed by atoms with van der Waals surface area (Å²) in [6.45, 7) is 3.66. The minimum Gasteiger partial charge on any atom is -0.478 e. The van der Waals surface area contributed by atoms with Crippen LogP contribution in [0.3, 0.4) is 0 Å². The summed E-state index contributed by atoms with van der Waals surface area (Å²) < 4.78 is 0. The van der Waals surface area contributed by atoms with Crippen molar-refractivity contribution in [2.75, 3.05) is 10.6 Å². The highest BCUT2D eigenvalue weighted by molar-refractivity contribution is 5.98. The van der Waals surface area contributed by atoms with Gasteiger partial charge in [-0.15, -0.1) is 0 Å². The topological polar surface area (TPSA) is 130 Å². The molecule has 8 heteroatoms. The third-order valence-corrected chi connectivity index (χ3v) is 4.05. The number of carboxylic acids is 1. The number of aromatic nitrogens is 2. The fourth-order valence-corrected chi connectivity index (χ4v) is 2.69. The molecule has 0 saturated heterocycles. The fraction of sp³-hybridized carbons (Fsp3) is 0.100. The predicted molar refractivity (Wildman–Crippen MR) is 106 cm³/mol. The summed E-state index contributed by atoms with van der Waals surface area (Å²) in [7, 11) is 0. The van der Waals surface area contributed by atoms with Gasteiger partial charge >= 0.3 is 5.97 Å².